The molecule has 3 unspecified atom stereocenters. The number of methoxy groups -OCH3 is 1. The molecule has 4 nitrogen and oxygen atoms in total. The van der Waals surface area contributed by atoms with Crippen molar-refractivity contribution in [1.29, 1.82) is 0 Å². The molecule has 3 atom stereocenters. The quantitative estimate of drug-likeness (QED) is 0.557. The van der Waals surface area contributed by atoms with Crippen molar-refractivity contribution >= 4 is 0 Å². The molecule has 4 heteroatoms. The van der Waals surface area contributed by atoms with Gasteiger partial charge in [0.2, 0.25) is 0 Å². The second-order valence-electron chi connectivity index (χ2n) is 4.00. The molecule has 0 aromatic rings. The molecule has 0 heterocycles. The van der Waals surface area contributed by atoms with Crippen molar-refractivity contribution in [1.82, 2.24) is 5.32 Å². The average molecular weight is 203 g/mol. The van der Waals surface area contributed by atoms with Crippen molar-refractivity contribution in [2.45, 2.75) is 31.4 Å². The van der Waals surface area contributed by atoms with Gasteiger partial charge < -0.3 is 20.3 Å². The van der Waals surface area contributed by atoms with Crippen LogP contribution >= 0.6 is 0 Å². The van der Waals surface area contributed by atoms with Crippen LogP contribution in [0.15, 0.2) is 0 Å². The number of rotatable bonds is 6. The Hall–Kier alpha value is -0.160. The van der Waals surface area contributed by atoms with Crippen LogP contribution in [0.25, 0.3) is 0 Å². The first-order valence-corrected chi connectivity index (χ1v) is 5.29. The van der Waals surface area contributed by atoms with Crippen LogP contribution in [0.1, 0.15) is 19.3 Å². The van der Waals surface area contributed by atoms with Crippen LogP contribution in [0, 0.1) is 5.92 Å². The summed E-state index contributed by atoms with van der Waals surface area (Å²) in [6, 6.07) is 0.367. The standard InChI is InChI=1S/C10H21NO3/c1-14-7-9(13)5-11-10-4-2-3-8(10)6-12/h8-13H,2-7H2,1H3. The highest BCUT2D eigenvalue weighted by atomic mass is 16.5. The van der Waals surface area contributed by atoms with Crippen LogP contribution < -0.4 is 5.32 Å². The molecule has 14 heavy (non-hydrogen) atoms. The Morgan fingerprint density at radius 3 is 2.93 bits per heavy atom. The molecule has 0 aromatic heterocycles. The van der Waals surface area contributed by atoms with Gasteiger partial charge in [-0.15, -0.1) is 0 Å². The predicted molar refractivity (Wildman–Crippen MR) is 54.1 cm³/mol. The Morgan fingerprint density at radius 2 is 2.29 bits per heavy atom. The van der Waals surface area contributed by atoms with Crippen molar-refractivity contribution in [3.05, 3.63) is 0 Å². The Morgan fingerprint density at radius 1 is 1.50 bits per heavy atom. The van der Waals surface area contributed by atoms with E-state index >= 15 is 0 Å². The van der Waals surface area contributed by atoms with Gasteiger partial charge in [-0.2, -0.15) is 0 Å². The van der Waals surface area contributed by atoms with Gasteiger partial charge in [-0.25, -0.2) is 0 Å². The van der Waals surface area contributed by atoms with Gasteiger partial charge in [0, 0.05) is 26.3 Å². The molecule has 0 aliphatic heterocycles. The third-order valence-electron chi connectivity index (χ3n) is 2.87. The van der Waals surface area contributed by atoms with Crippen LogP contribution in [0.4, 0.5) is 0 Å². The predicted octanol–water partition coefficient (Wildman–Crippen LogP) is -0.256. The Balaban J connectivity index is 2.16. The number of hydrogen-bond acceptors (Lipinski definition) is 4. The van der Waals surface area contributed by atoms with Crippen molar-refractivity contribution in [2.24, 2.45) is 5.92 Å². The highest BCUT2D eigenvalue weighted by molar-refractivity contribution is 4.83. The SMILES string of the molecule is COCC(O)CNC1CCCC1CO. The van der Waals surface area contributed by atoms with Gasteiger partial charge in [0.15, 0.2) is 0 Å². The summed E-state index contributed by atoms with van der Waals surface area (Å²) in [5.74, 6) is 0.366. The molecule has 0 saturated heterocycles. The number of hydrogen-bond donors (Lipinski definition) is 3. The van der Waals surface area contributed by atoms with E-state index in [1.165, 1.54) is 6.42 Å². The topological polar surface area (TPSA) is 61.7 Å². The van der Waals surface area contributed by atoms with Gasteiger partial charge in [-0.3, -0.25) is 0 Å². The van der Waals surface area contributed by atoms with Crippen LogP contribution in [0.2, 0.25) is 0 Å². The molecule has 1 fully saturated rings. The van der Waals surface area contributed by atoms with Crippen LogP contribution in [-0.4, -0.2) is 49.2 Å². The van der Waals surface area contributed by atoms with Crippen molar-refractivity contribution in [3.63, 3.8) is 0 Å². The fourth-order valence-corrected chi connectivity index (χ4v) is 2.06. The summed E-state index contributed by atoms with van der Waals surface area (Å²) in [5, 5.41) is 21.8. The highest BCUT2D eigenvalue weighted by Crippen LogP contribution is 2.24. The van der Waals surface area contributed by atoms with E-state index in [-0.39, 0.29) is 6.61 Å². The third-order valence-corrected chi connectivity index (χ3v) is 2.87. The minimum atomic E-state index is -0.444. The zero-order valence-electron chi connectivity index (χ0n) is 8.78. The van der Waals surface area contributed by atoms with Crippen molar-refractivity contribution < 1.29 is 14.9 Å². The van der Waals surface area contributed by atoms with E-state index in [4.69, 9.17) is 9.84 Å². The number of aliphatic hydroxyl groups is 2. The Labute approximate surface area is 85.3 Å². The first-order valence-electron chi connectivity index (χ1n) is 5.29. The molecule has 1 rings (SSSR count). The second kappa shape index (κ2) is 6.35. The molecular weight excluding hydrogens is 182 g/mol. The highest BCUT2D eigenvalue weighted by Gasteiger charge is 2.26. The normalized spacial score (nSPS) is 29.4. The fourth-order valence-electron chi connectivity index (χ4n) is 2.06. The maximum Gasteiger partial charge on any atom is 0.0897 e. The first-order chi connectivity index (χ1) is 6.77. The summed E-state index contributed by atoms with van der Waals surface area (Å²) in [6.45, 7) is 1.16. The van der Waals surface area contributed by atoms with E-state index in [1.54, 1.807) is 7.11 Å². The minimum Gasteiger partial charge on any atom is -0.396 e. The number of aliphatic hydroxyl groups excluding tert-OH is 2. The van der Waals surface area contributed by atoms with Gasteiger partial charge in [0.25, 0.3) is 0 Å². The summed E-state index contributed by atoms with van der Waals surface area (Å²) in [5.41, 5.74) is 0. The lowest BCUT2D eigenvalue weighted by Gasteiger charge is -2.20. The van der Waals surface area contributed by atoms with Gasteiger partial charge in [-0.1, -0.05) is 6.42 Å². The molecule has 1 saturated carbocycles. The lowest BCUT2D eigenvalue weighted by atomic mass is 10.1. The van der Waals surface area contributed by atoms with E-state index in [9.17, 15) is 5.11 Å². The van der Waals surface area contributed by atoms with Gasteiger partial charge in [-0.05, 0) is 18.8 Å². The summed E-state index contributed by atoms with van der Waals surface area (Å²) >= 11 is 0. The van der Waals surface area contributed by atoms with Crippen molar-refractivity contribution in [3.8, 4) is 0 Å². The van der Waals surface area contributed by atoms with Crippen LogP contribution in [0.3, 0.4) is 0 Å². The maximum absolute atomic E-state index is 9.42. The van der Waals surface area contributed by atoms with Gasteiger partial charge in [0.1, 0.15) is 0 Å². The molecule has 0 aromatic carbocycles. The van der Waals surface area contributed by atoms with Crippen LogP contribution in [-0.2, 0) is 4.74 Å². The number of ether oxygens (including phenoxy) is 1. The summed E-state index contributed by atoms with van der Waals surface area (Å²) in [7, 11) is 1.58. The lowest BCUT2D eigenvalue weighted by Crippen LogP contribution is -2.40. The largest absolute Gasteiger partial charge is 0.396 e. The molecule has 0 amide bonds. The molecule has 0 bridgehead atoms. The zero-order valence-corrected chi connectivity index (χ0v) is 8.78. The molecule has 3 N–H and O–H groups in total. The van der Waals surface area contributed by atoms with Crippen LogP contribution in [0.5, 0.6) is 0 Å². The third kappa shape index (κ3) is 3.53. The summed E-state index contributed by atoms with van der Waals surface area (Å²) in [4.78, 5) is 0. The monoisotopic (exact) mass is 203 g/mol. The van der Waals surface area contributed by atoms with E-state index < -0.39 is 6.10 Å². The lowest BCUT2D eigenvalue weighted by molar-refractivity contribution is 0.0606. The van der Waals surface area contributed by atoms with Crippen molar-refractivity contribution in [2.75, 3.05) is 26.9 Å². The molecule has 84 valence electrons. The van der Waals surface area contributed by atoms with E-state index in [0.29, 0.717) is 25.1 Å². The number of nitrogens with one attached hydrogen (secondary N) is 1. The molecule has 0 radical (unpaired) electrons. The summed E-state index contributed by atoms with van der Waals surface area (Å²) < 4.78 is 4.83. The van der Waals surface area contributed by atoms with E-state index in [2.05, 4.69) is 5.32 Å². The van der Waals surface area contributed by atoms with E-state index in [1.807, 2.05) is 0 Å². The van der Waals surface area contributed by atoms with Gasteiger partial charge in [0.05, 0.1) is 12.7 Å². The van der Waals surface area contributed by atoms with E-state index in [0.717, 1.165) is 12.8 Å². The zero-order chi connectivity index (χ0) is 10.4. The Bertz CT molecular complexity index is 154. The average Bonchev–Trinajstić information content (AvgIpc) is 2.62. The molecule has 1 aliphatic carbocycles. The molecule has 1 aliphatic rings. The smallest absolute Gasteiger partial charge is 0.0897 e. The maximum atomic E-state index is 9.42. The first kappa shape index (κ1) is 11.9. The Kier molecular flexibility index (Phi) is 5.40. The molecule has 0 spiro atoms. The summed E-state index contributed by atoms with van der Waals surface area (Å²) in [6.07, 6.45) is 2.92. The second-order valence-corrected chi connectivity index (χ2v) is 4.00. The fraction of sp³-hybridized carbons (Fsp3) is 1.00. The molecular formula is C10H21NO3. The van der Waals surface area contributed by atoms with Gasteiger partial charge >= 0.3 is 0 Å². The minimum absolute atomic E-state index is 0.248.